The Morgan fingerprint density at radius 3 is 2.44 bits per heavy atom. The van der Waals surface area contributed by atoms with Crippen LogP contribution in [0, 0.1) is 13.8 Å². The average molecular weight is 388 g/mol. The lowest BCUT2D eigenvalue weighted by molar-refractivity contribution is -0.116. The number of halogens is 2. The minimum atomic E-state index is 0. The normalized spacial score (nSPS) is 9.88. The van der Waals surface area contributed by atoms with E-state index in [4.69, 9.17) is 5.73 Å². The van der Waals surface area contributed by atoms with Crippen LogP contribution in [0.1, 0.15) is 43.5 Å². The molecule has 0 aliphatic rings. The van der Waals surface area contributed by atoms with Gasteiger partial charge in [-0.1, -0.05) is 12.8 Å². The Kier molecular flexibility index (Phi) is 11.1. The van der Waals surface area contributed by atoms with E-state index in [0.29, 0.717) is 12.1 Å². The lowest BCUT2D eigenvalue weighted by Gasteiger charge is -2.07. The van der Waals surface area contributed by atoms with Crippen molar-refractivity contribution in [3.8, 4) is 5.82 Å². The number of anilines is 1. The summed E-state index contributed by atoms with van der Waals surface area (Å²) in [5.74, 6) is 0.772. The van der Waals surface area contributed by atoms with Crippen LogP contribution in [0.5, 0.6) is 0 Å². The van der Waals surface area contributed by atoms with Crippen LogP contribution in [-0.4, -0.2) is 27.2 Å². The number of aromatic nitrogens is 3. The van der Waals surface area contributed by atoms with Gasteiger partial charge in [-0.2, -0.15) is 5.10 Å². The van der Waals surface area contributed by atoms with E-state index in [-0.39, 0.29) is 30.7 Å². The topological polar surface area (TPSA) is 85.8 Å². The number of amides is 1. The highest BCUT2D eigenvalue weighted by molar-refractivity contribution is 5.90. The van der Waals surface area contributed by atoms with Gasteiger partial charge < -0.3 is 11.1 Å². The van der Waals surface area contributed by atoms with Crippen molar-refractivity contribution in [2.24, 2.45) is 5.73 Å². The molecule has 0 bridgehead atoms. The van der Waals surface area contributed by atoms with E-state index < -0.39 is 0 Å². The molecule has 0 fully saturated rings. The molecule has 0 atom stereocenters. The van der Waals surface area contributed by atoms with E-state index in [1.54, 1.807) is 10.9 Å². The Hall–Kier alpha value is -1.63. The summed E-state index contributed by atoms with van der Waals surface area (Å²) in [6.07, 6.45) is 6.24. The third kappa shape index (κ3) is 7.42. The minimum absolute atomic E-state index is 0. The molecular formula is C17H27Cl2N5O. The molecule has 0 radical (unpaired) electrons. The van der Waals surface area contributed by atoms with Crippen LogP contribution >= 0.6 is 24.8 Å². The molecule has 6 nitrogen and oxygen atoms in total. The van der Waals surface area contributed by atoms with Crippen molar-refractivity contribution >= 4 is 36.4 Å². The molecule has 0 saturated carbocycles. The summed E-state index contributed by atoms with van der Waals surface area (Å²) in [4.78, 5) is 16.2. The van der Waals surface area contributed by atoms with Gasteiger partial charge in [0, 0.05) is 12.1 Å². The fourth-order valence-electron chi connectivity index (χ4n) is 2.45. The standard InChI is InChI=1S/C17H25N5O.2ClH/c1-13-11-14(2)22(21-13)16-9-8-15(12-19-16)20-17(23)7-5-3-4-6-10-18;;/h8-9,11-12H,3-7,10,18H2,1-2H3,(H,20,23);2*1H. The SMILES string of the molecule is Cc1cc(C)n(-c2ccc(NC(=O)CCCCCCN)cn2)n1.Cl.Cl. The first-order chi connectivity index (χ1) is 11.1. The van der Waals surface area contributed by atoms with E-state index in [9.17, 15) is 4.79 Å². The van der Waals surface area contributed by atoms with Gasteiger partial charge in [-0.05, 0) is 51.4 Å². The number of carbonyl (C=O) groups excluding carboxylic acids is 1. The van der Waals surface area contributed by atoms with Crippen LogP contribution in [0.15, 0.2) is 24.4 Å². The number of carbonyl (C=O) groups is 1. The van der Waals surface area contributed by atoms with Crippen LogP contribution in [0.25, 0.3) is 5.82 Å². The van der Waals surface area contributed by atoms with E-state index in [1.807, 2.05) is 32.0 Å². The molecule has 2 heterocycles. The second-order valence-electron chi connectivity index (χ2n) is 5.75. The molecule has 2 aromatic rings. The summed E-state index contributed by atoms with van der Waals surface area (Å²) >= 11 is 0. The lowest BCUT2D eigenvalue weighted by atomic mass is 10.1. The van der Waals surface area contributed by atoms with Gasteiger partial charge in [-0.15, -0.1) is 24.8 Å². The maximum atomic E-state index is 11.9. The van der Waals surface area contributed by atoms with Gasteiger partial charge in [0.2, 0.25) is 5.91 Å². The molecule has 0 spiro atoms. The molecule has 0 saturated heterocycles. The van der Waals surface area contributed by atoms with Crippen molar-refractivity contribution < 1.29 is 4.79 Å². The largest absolute Gasteiger partial charge is 0.330 e. The Morgan fingerprint density at radius 1 is 1.16 bits per heavy atom. The molecule has 2 rings (SSSR count). The Morgan fingerprint density at radius 2 is 1.88 bits per heavy atom. The monoisotopic (exact) mass is 387 g/mol. The molecule has 1 amide bonds. The minimum Gasteiger partial charge on any atom is -0.330 e. The van der Waals surface area contributed by atoms with Crippen LogP contribution in [0.2, 0.25) is 0 Å². The Bertz CT molecular complexity index is 643. The Labute approximate surface area is 161 Å². The van der Waals surface area contributed by atoms with Gasteiger partial charge in [-0.25, -0.2) is 9.67 Å². The highest BCUT2D eigenvalue weighted by atomic mass is 35.5. The number of pyridine rings is 1. The predicted octanol–water partition coefficient (Wildman–Crippen LogP) is 3.58. The number of hydrogen-bond donors (Lipinski definition) is 2. The second-order valence-corrected chi connectivity index (χ2v) is 5.75. The third-order valence-corrected chi connectivity index (χ3v) is 3.62. The first kappa shape index (κ1) is 23.4. The molecule has 8 heteroatoms. The first-order valence-electron chi connectivity index (χ1n) is 8.10. The van der Waals surface area contributed by atoms with Gasteiger partial charge in [0.1, 0.15) is 0 Å². The number of nitrogens with one attached hydrogen (secondary N) is 1. The zero-order valence-corrected chi connectivity index (χ0v) is 16.3. The summed E-state index contributed by atoms with van der Waals surface area (Å²) in [5, 5.41) is 7.27. The maximum absolute atomic E-state index is 11.9. The predicted molar refractivity (Wildman–Crippen MR) is 106 cm³/mol. The van der Waals surface area contributed by atoms with Crippen LogP contribution in [0.4, 0.5) is 5.69 Å². The van der Waals surface area contributed by atoms with Gasteiger partial charge in [-0.3, -0.25) is 4.79 Å². The summed E-state index contributed by atoms with van der Waals surface area (Å²) in [6.45, 7) is 4.66. The van der Waals surface area contributed by atoms with Crippen molar-refractivity contribution in [3.63, 3.8) is 0 Å². The molecule has 25 heavy (non-hydrogen) atoms. The van der Waals surface area contributed by atoms with E-state index in [0.717, 1.165) is 49.4 Å². The zero-order valence-electron chi connectivity index (χ0n) is 14.7. The van der Waals surface area contributed by atoms with Gasteiger partial charge in [0.25, 0.3) is 0 Å². The fourth-order valence-corrected chi connectivity index (χ4v) is 2.45. The molecule has 140 valence electrons. The lowest BCUT2D eigenvalue weighted by Crippen LogP contribution is -2.12. The molecule has 0 aliphatic heterocycles. The van der Waals surface area contributed by atoms with Gasteiger partial charge in [0.05, 0.1) is 17.6 Å². The van der Waals surface area contributed by atoms with Crippen molar-refractivity contribution in [2.45, 2.75) is 46.0 Å². The highest BCUT2D eigenvalue weighted by Gasteiger charge is 2.06. The number of unbranched alkanes of at least 4 members (excludes halogenated alkanes) is 3. The number of aryl methyl sites for hydroxylation is 2. The van der Waals surface area contributed by atoms with Crippen molar-refractivity contribution in [1.82, 2.24) is 14.8 Å². The number of hydrogen-bond acceptors (Lipinski definition) is 4. The zero-order chi connectivity index (χ0) is 16.7. The van der Waals surface area contributed by atoms with Crippen molar-refractivity contribution in [3.05, 3.63) is 35.8 Å². The second kappa shape index (κ2) is 11.8. The smallest absolute Gasteiger partial charge is 0.224 e. The number of nitrogens with two attached hydrogens (primary N) is 1. The summed E-state index contributed by atoms with van der Waals surface area (Å²) in [7, 11) is 0. The van der Waals surface area contributed by atoms with E-state index >= 15 is 0 Å². The highest BCUT2D eigenvalue weighted by Crippen LogP contribution is 2.13. The van der Waals surface area contributed by atoms with Crippen molar-refractivity contribution in [2.75, 3.05) is 11.9 Å². The van der Waals surface area contributed by atoms with Crippen LogP contribution in [0.3, 0.4) is 0 Å². The number of rotatable bonds is 8. The van der Waals surface area contributed by atoms with Crippen LogP contribution < -0.4 is 11.1 Å². The summed E-state index contributed by atoms with van der Waals surface area (Å²) in [5.41, 5.74) is 8.14. The van der Waals surface area contributed by atoms with Gasteiger partial charge in [0.15, 0.2) is 5.82 Å². The van der Waals surface area contributed by atoms with E-state index in [2.05, 4.69) is 15.4 Å². The first-order valence-corrected chi connectivity index (χ1v) is 8.10. The molecule has 3 N–H and O–H groups in total. The quantitative estimate of drug-likeness (QED) is 0.677. The molecular weight excluding hydrogens is 361 g/mol. The molecule has 0 unspecified atom stereocenters. The molecule has 0 aromatic carbocycles. The molecule has 0 aliphatic carbocycles. The Balaban J connectivity index is 0.00000288. The third-order valence-electron chi connectivity index (χ3n) is 3.62. The summed E-state index contributed by atoms with van der Waals surface area (Å²) in [6, 6.07) is 5.71. The maximum Gasteiger partial charge on any atom is 0.224 e. The van der Waals surface area contributed by atoms with E-state index in [1.165, 1.54) is 0 Å². The van der Waals surface area contributed by atoms with Gasteiger partial charge >= 0.3 is 0 Å². The average Bonchev–Trinajstić information content (AvgIpc) is 2.86. The van der Waals surface area contributed by atoms with Crippen molar-refractivity contribution in [1.29, 1.82) is 0 Å². The van der Waals surface area contributed by atoms with Crippen LogP contribution in [-0.2, 0) is 4.79 Å². The number of nitrogens with zero attached hydrogens (tertiary/aromatic N) is 3. The fraction of sp³-hybridized carbons (Fsp3) is 0.471. The molecule has 2 aromatic heterocycles. The summed E-state index contributed by atoms with van der Waals surface area (Å²) < 4.78 is 1.79.